The summed E-state index contributed by atoms with van der Waals surface area (Å²) in [5.74, 6) is 2.73. The molecule has 1 aliphatic carbocycles. The van der Waals surface area contributed by atoms with Crippen molar-refractivity contribution in [3.63, 3.8) is 0 Å². The van der Waals surface area contributed by atoms with E-state index in [0.29, 0.717) is 6.54 Å². The number of nitrogens with zero attached hydrogens (tertiary/aromatic N) is 1. The smallest absolute Gasteiger partial charge is 0.115 e. The maximum atomic E-state index is 10.5. The fourth-order valence-corrected chi connectivity index (χ4v) is 4.97. The van der Waals surface area contributed by atoms with Crippen molar-refractivity contribution in [3.05, 3.63) is 65.7 Å². The lowest BCUT2D eigenvalue weighted by Crippen LogP contribution is -2.27. The summed E-state index contributed by atoms with van der Waals surface area (Å²) in [5, 5.41) is 19.9. The lowest BCUT2D eigenvalue weighted by molar-refractivity contribution is 0.120. The molecule has 0 bridgehead atoms. The van der Waals surface area contributed by atoms with Gasteiger partial charge in [0, 0.05) is 19.6 Å². The monoisotopic (exact) mass is 351 g/mol. The molecule has 26 heavy (non-hydrogen) atoms. The largest absolute Gasteiger partial charge is 0.508 e. The van der Waals surface area contributed by atoms with E-state index in [4.69, 9.17) is 0 Å². The summed E-state index contributed by atoms with van der Waals surface area (Å²) in [7, 11) is 0. The predicted octanol–water partition coefficient (Wildman–Crippen LogP) is 4.02. The Bertz CT molecular complexity index is 686. The molecule has 2 aromatic carbocycles. The van der Waals surface area contributed by atoms with Crippen LogP contribution < -0.4 is 0 Å². The molecule has 1 unspecified atom stereocenters. The van der Waals surface area contributed by atoms with Gasteiger partial charge >= 0.3 is 0 Å². The number of likely N-dealkylation sites (tertiary alicyclic amines) is 1. The van der Waals surface area contributed by atoms with Crippen LogP contribution in [0.1, 0.15) is 36.5 Å². The number of β-amino-alcohol motifs (C(OH)–C–C–N with tert-alkyl or cyclic N) is 1. The average Bonchev–Trinajstić information content (AvgIpc) is 3.19. The summed E-state index contributed by atoms with van der Waals surface area (Å²) in [5.41, 5.74) is 2.35. The quantitative estimate of drug-likeness (QED) is 0.826. The van der Waals surface area contributed by atoms with Crippen molar-refractivity contribution in [2.45, 2.75) is 31.8 Å². The molecular formula is C23H29NO2. The molecule has 2 aliphatic rings. The van der Waals surface area contributed by atoms with Gasteiger partial charge in [0.15, 0.2) is 0 Å². The third-order valence-electron chi connectivity index (χ3n) is 6.32. The van der Waals surface area contributed by atoms with Crippen LogP contribution in [-0.4, -0.2) is 34.7 Å². The number of benzene rings is 2. The average molecular weight is 351 g/mol. The molecule has 2 N–H and O–H groups in total. The molecule has 3 nitrogen and oxygen atoms in total. The normalized spacial score (nSPS) is 26.7. The van der Waals surface area contributed by atoms with Crippen LogP contribution in [0.2, 0.25) is 0 Å². The van der Waals surface area contributed by atoms with Crippen molar-refractivity contribution in [2.75, 3.05) is 19.6 Å². The number of hydrogen-bond donors (Lipinski definition) is 2. The lowest BCUT2D eigenvalue weighted by atomic mass is 9.96. The van der Waals surface area contributed by atoms with Gasteiger partial charge in [-0.3, -0.25) is 4.90 Å². The molecule has 4 rings (SSSR count). The molecule has 0 amide bonds. The number of aryl methyl sites for hydroxylation is 1. The summed E-state index contributed by atoms with van der Waals surface area (Å²) in [4.78, 5) is 2.43. The first-order valence-electron chi connectivity index (χ1n) is 9.90. The van der Waals surface area contributed by atoms with Crippen LogP contribution in [0.5, 0.6) is 5.75 Å². The molecule has 1 saturated carbocycles. The topological polar surface area (TPSA) is 43.7 Å². The molecule has 2 aromatic rings. The van der Waals surface area contributed by atoms with Crippen LogP contribution in [0.25, 0.3) is 0 Å². The van der Waals surface area contributed by atoms with Gasteiger partial charge in [-0.05, 0) is 66.7 Å². The molecular weight excluding hydrogens is 322 g/mol. The molecule has 0 radical (unpaired) electrons. The van der Waals surface area contributed by atoms with Gasteiger partial charge in [0.05, 0.1) is 6.10 Å². The number of hydrogen-bond acceptors (Lipinski definition) is 3. The third kappa shape index (κ3) is 4.11. The zero-order chi connectivity index (χ0) is 17.9. The van der Waals surface area contributed by atoms with Gasteiger partial charge in [-0.2, -0.15) is 0 Å². The number of phenols is 1. The Kier molecular flexibility index (Phi) is 5.28. The first-order chi connectivity index (χ1) is 12.7. The Morgan fingerprint density at radius 2 is 1.58 bits per heavy atom. The highest BCUT2D eigenvalue weighted by Crippen LogP contribution is 2.43. The molecule has 138 valence electrons. The van der Waals surface area contributed by atoms with Crippen LogP contribution in [0, 0.1) is 17.8 Å². The molecule has 2 fully saturated rings. The number of aromatic hydroxyl groups is 1. The molecule has 1 heterocycles. The first-order valence-corrected chi connectivity index (χ1v) is 9.90. The minimum Gasteiger partial charge on any atom is -0.508 e. The second-order valence-corrected chi connectivity index (χ2v) is 8.21. The van der Waals surface area contributed by atoms with Crippen molar-refractivity contribution < 1.29 is 10.2 Å². The highest BCUT2D eigenvalue weighted by atomic mass is 16.3. The van der Waals surface area contributed by atoms with E-state index >= 15 is 0 Å². The molecule has 0 aromatic heterocycles. The molecule has 1 saturated heterocycles. The van der Waals surface area contributed by atoms with E-state index in [1.165, 1.54) is 31.2 Å². The van der Waals surface area contributed by atoms with Gasteiger partial charge in [0.25, 0.3) is 0 Å². The van der Waals surface area contributed by atoms with Gasteiger partial charge in [0.1, 0.15) is 5.75 Å². The number of rotatable bonds is 6. The van der Waals surface area contributed by atoms with E-state index < -0.39 is 6.10 Å². The van der Waals surface area contributed by atoms with Crippen molar-refractivity contribution in [2.24, 2.45) is 17.8 Å². The minimum absolute atomic E-state index is 0.248. The molecule has 1 aliphatic heterocycles. The van der Waals surface area contributed by atoms with Crippen molar-refractivity contribution in [1.29, 1.82) is 0 Å². The molecule has 0 spiro atoms. The Morgan fingerprint density at radius 1 is 0.923 bits per heavy atom. The van der Waals surface area contributed by atoms with Gasteiger partial charge in [0.2, 0.25) is 0 Å². The standard InChI is InChI=1S/C23H29NO2/c25-22-10-8-19(9-11-22)23(26)16-24-14-20-12-18(13-21(20)15-24)7-6-17-4-2-1-3-5-17/h1-5,8-11,18,20-21,23,25-26H,6-7,12-16H2/t18-,20+,21-,23?. The summed E-state index contributed by atoms with van der Waals surface area (Å²) >= 11 is 0. The number of phenolic OH excluding ortho intramolecular Hbond substituents is 1. The van der Waals surface area contributed by atoms with Gasteiger partial charge in [-0.1, -0.05) is 42.5 Å². The summed E-state index contributed by atoms with van der Waals surface area (Å²) in [6.07, 6.45) is 4.75. The van der Waals surface area contributed by atoms with Gasteiger partial charge in [-0.15, -0.1) is 0 Å². The van der Waals surface area contributed by atoms with Gasteiger partial charge < -0.3 is 10.2 Å². The van der Waals surface area contributed by atoms with E-state index in [9.17, 15) is 10.2 Å². The van der Waals surface area contributed by atoms with Crippen molar-refractivity contribution in [1.82, 2.24) is 4.90 Å². The van der Waals surface area contributed by atoms with Crippen molar-refractivity contribution in [3.8, 4) is 5.75 Å². The predicted molar refractivity (Wildman–Crippen MR) is 104 cm³/mol. The molecule has 4 atom stereocenters. The second-order valence-electron chi connectivity index (χ2n) is 8.21. The SMILES string of the molecule is Oc1ccc(C(O)CN2C[C@H]3C[C@H](CCc4ccccc4)C[C@H]3C2)cc1. The number of aliphatic hydroxyl groups excluding tert-OH is 1. The highest BCUT2D eigenvalue weighted by molar-refractivity contribution is 5.27. The maximum Gasteiger partial charge on any atom is 0.115 e. The first kappa shape index (κ1) is 17.6. The van der Waals surface area contributed by atoms with E-state index in [0.717, 1.165) is 36.4 Å². The van der Waals surface area contributed by atoms with Crippen LogP contribution in [-0.2, 0) is 6.42 Å². The Morgan fingerprint density at radius 3 is 2.23 bits per heavy atom. The van der Waals surface area contributed by atoms with E-state index in [2.05, 4.69) is 35.2 Å². The second kappa shape index (κ2) is 7.81. The molecule has 3 heteroatoms. The van der Waals surface area contributed by atoms with Crippen LogP contribution in [0.3, 0.4) is 0 Å². The lowest BCUT2D eigenvalue weighted by Gasteiger charge is -2.22. The van der Waals surface area contributed by atoms with E-state index in [-0.39, 0.29) is 5.75 Å². The highest BCUT2D eigenvalue weighted by Gasteiger charge is 2.40. The number of fused-ring (bicyclic) bond motifs is 1. The van der Waals surface area contributed by atoms with E-state index in [1.807, 2.05) is 12.1 Å². The van der Waals surface area contributed by atoms with Crippen LogP contribution >= 0.6 is 0 Å². The Hall–Kier alpha value is -1.84. The summed E-state index contributed by atoms with van der Waals surface area (Å²) in [6, 6.07) is 17.8. The summed E-state index contributed by atoms with van der Waals surface area (Å²) < 4.78 is 0. The minimum atomic E-state index is -0.469. The zero-order valence-corrected chi connectivity index (χ0v) is 15.3. The Labute approximate surface area is 156 Å². The number of aliphatic hydroxyl groups is 1. The van der Waals surface area contributed by atoms with E-state index in [1.54, 1.807) is 12.1 Å². The van der Waals surface area contributed by atoms with Gasteiger partial charge in [-0.25, -0.2) is 0 Å². The Balaban J connectivity index is 1.24. The zero-order valence-electron chi connectivity index (χ0n) is 15.3. The maximum absolute atomic E-state index is 10.5. The van der Waals surface area contributed by atoms with Crippen LogP contribution in [0.15, 0.2) is 54.6 Å². The van der Waals surface area contributed by atoms with Crippen molar-refractivity contribution >= 4 is 0 Å². The fourth-order valence-electron chi connectivity index (χ4n) is 4.97. The van der Waals surface area contributed by atoms with Crippen LogP contribution in [0.4, 0.5) is 0 Å². The summed E-state index contributed by atoms with van der Waals surface area (Å²) in [6.45, 7) is 2.95. The fraction of sp³-hybridized carbons (Fsp3) is 0.478. The third-order valence-corrected chi connectivity index (χ3v) is 6.32.